The predicted molar refractivity (Wildman–Crippen MR) is 128 cm³/mol. The van der Waals surface area contributed by atoms with Crippen molar-refractivity contribution in [1.82, 2.24) is 20.2 Å². The van der Waals surface area contributed by atoms with Gasteiger partial charge < -0.3 is 20.4 Å². The Balaban J connectivity index is 0.00000210. The number of fused-ring (bicyclic) bond motifs is 1. The number of halogens is 3. The van der Waals surface area contributed by atoms with Gasteiger partial charge in [0.15, 0.2) is 0 Å². The number of nitrogens with zero attached hydrogens (tertiary/aromatic N) is 4. The largest absolute Gasteiger partial charge is 0.492 e. The fourth-order valence-electron chi connectivity index (χ4n) is 2.81. The number of hydrogen-bond acceptors (Lipinski definition) is 7. The molecule has 0 amide bonds. The predicted octanol–water partition coefficient (Wildman–Crippen LogP) is 4.44. The summed E-state index contributed by atoms with van der Waals surface area (Å²) in [6.07, 6.45) is 4.58. The average molecular weight is 524 g/mol. The van der Waals surface area contributed by atoms with E-state index in [1.165, 1.54) is 4.90 Å². The fraction of sp³-hybridized carbons (Fsp3) is 0.389. The van der Waals surface area contributed by atoms with Crippen LogP contribution in [0.4, 0.5) is 5.95 Å². The molecule has 0 unspecified atom stereocenters. The Kier molecular flexibility index (Phi) is 11.1. The van der Waals surface area contributed by atoms with Gasteiger partial charge in [-0.3, -0.25) is 0 Å². The normalized spacial score (nSPS) is 10.3. The second kappa shape index (κ2) is 12.4. The lowest BCUT2D eigenvalue weighted by molar-refractivity contribution is 0.333. The summed E-state index contributed by atoms with van der Waals surface area (Å²) < 4.78 is 6.87. The highest BCUT2D eigenvalue weighted by molar-refractivity contribution is 9.10. The molecule has 29 heavy (non-hydrogen) atoms. The van der Waals surface area contributed by atoms with Crippen LogP contribution in [-0.2, 0) is 6.54 Å². The van der Waals surface area contributed by atoms with E-state index < -0.39 is 0 Å². The van der Waals surface area contributed by atoms with Crippen LogP contribution < -0.4 is 15.4 Å². The zero-order chi connectivity index (χ0) is 19.2. The molecule has 0 spiro atoms. The Bertz CT molecular complexity index is 880. The van der Waals surface area contributed by atoms with E-state index in [1.54, 1.807) is 18.0 Å². The number of rotatable bonds is 9. The number of nitrogens with two attached hydrogens (primary N) is 1. The standard InChI is InChI=1S/C18H23BrN6OS.2ClH/c1-3-26-16-12(9-13(27-2)10-14(16)19)11-25(8-4-6-20)18-22-15-5-7-21-24-17(15)23-18;;/h5,7,9-10H,3-4,6,8,11,20H2,1-2H3,(H,22,23,24);2*1H. The molecule has 0 atom stereocenters. The molecule has 0 fully saturated rings. The third-order valence-corrected chi connectivity index (χ3v) is 5.37. The van der Waals surface area contributed by atoms with E-state index in [2.05, 4.69) is 59.4 Å². The summed E-state index contributed by atoms with van der Waals surface area (Å²) in [5.74, 6) is 1.62. The Labute approximate surface area is 195 Å². The number of nitrogens with one attached hydrogen (secondary N) is 1. The summed E-state index contributed by atoms with van der Waals surface area (Å²) in [6, 6.07) is 6.12. The van der Waals surface area contributed by atoms with Gasteiger partial charge in [0.2, 0.25) is 11.6 Å². The van der Waals surface area contributed by atoms with Gasteiger partial charge in [0, 0.05) is 23.5 Å². The highest BCUT2D eigenvalue weighted by atomic mass is 79.9. The van der Waals surface area contributed by atoms with Gasteiger partial charge in [0.05, 0.1) is 22.8 Å². The van der Waals surface area contributed by atoms with E-state index in [0.717, 1.165) is 40.2 Å². The van der Waals surface area contributed by atoms with Gasteiger partial charge in [-0.2, -0.15) is 10.1 Å². The molecule has 0 bridgehead atoms. The summed E-state index contributed by atoms with van der Waals surface area (Å²) in [5, 5.41) is 7.99. The number of anilines is 1. The Morgan fingerprint density at radius 3 is 2.76 bits per heavy atom. The van der Waals surface area contributed by atoms with Crippen molar-refractivity contribution in [3.8, 4) is 5.75 Å². The number of hydrogen-bond donors (Lipinski definition) is 2. The number of imidazole rings is 1. The molecular formula is C18H25BrCl2N6OS. The molecular weight excluding hydrogens is 499 g/mol. The third kappa shape index (κ3) is 6.36. The average Bonchev–Trinajstić information content (AvgIpc) is 3.11. The molecule has 3 aromatic rings. The molecule has 2 aromatic heterocycles. The van der Waals surface area contributed by atoms with Gasteiger partial charge in [0.25, 0.3) is 0 Å². The molecule has 11 heteroatoms. The van der Waals surface area contributed by atoms with Crippen molar-refractivity contribution >= 4 is 69.6 Å². The molecule has 0 aliphatic carbocycles. The van der Waals surface area contributed by atoms with Gasteiger partial charge in [-0.05, 0) is 60.3 Å². The molecule has 2 heterocycles. The van der Waals surface area contributed by atoms with Crippen LogP contribution in [0.5, 0.6) is 5.75 Å². The van der Waals surface area contributed by atoms with Crippen LogP contribution >= 0.6 is 52.5 Å². The van der Waals surface area contributed by atoms with Gasteiger partial charge in [-0.15, -0.1) is 41.7 Å². The van der Waals surface area contributed by atoms with Gasteiger partial charge >= 0.3 is 0 Å². The number of ether oxygens (including phenoxy) is 1. The molecule has 0 saturated heterocycles. The van der Waals surface area contributed by atoms with Crippen LogP contribution in [0.2, 0.25) is 0 Å². The maximum Gasteiger partial charge on any atom is 0.205 e. The first-order valence-electron chi connectivity index (χ1n) is 8.77. The van der Waals surface area contributed by atoms with Gasteiger partial charge in [-0.25, -0.2) is 0 Å². The first kappa shape index (κ1) is 25.8. The van der Waals surface area contributed by atoms with Crippen molar-refractivity contribution in [3.05, 3.63) is 34.4 Å². The SMILES string of the molecule is CCOc1c(Br)cc(SC)cc1CN(CCCN)c1nc2nnccc2[nH]1.Cl.Cl. The second-order valence-corrected chi connectivity index (χ2v) is 7.66. The van der Waals surface area contributed by atoms with Crippen LogP contribution in [0.3, 0.4) is 0 Å². The monoisotopic (exact) mass is 522 g/mol. The highest BCUT2D eigenvalue weighted by Crippen LogP contribution is 2.35. The molecule has 0 saturated carbocycles. The van der Waals surface area contributed by atoms with Crippen molar-refractivity contribution < 1.29 is 4.74 Å². The third-order valence-electron chi connectivity index (χ3n) is 4.07. The smallest absolute Gasteiger partial charge is 0.205 e. The van der Waals surface area contributed by atoms with Crippen LogP contribution in [0.25, 0.3) is 11.2 Å². The van der Waals surface area contributed by atoms with Crippen molar-refractivity contribution in [3.63, 3.8) is 0 Å². The van der Waals surface area contributed by atoms with E-state index in [1.807, 2.05) is 13.0 Å². The summed E-state index contributed by atoms with van der Waals surface area (Å²) in [6.45, 7) is 4.63. The summed E-state index contributed by atoms with van der Waals surface area (Å²) in [7, 11) is 0. The zero-order valence-corrected chi connectivity index (χ0v) is 20.3. The molecule has 0 aliphatic heterocycles. The lowest BCUT2D eigenvalue weighted by atomic mass is 10.2. The van der Waals surface area contributed by atoms with E-state index in [0.29, 0.717) is 25.3 Å². The van der Waals surface area contributed by atoms with Gasteiger partial charge in [0.1, 0.15) is 5.75 Å². The topological polar surface area (TPSA) is 93.0 Å². The van der Waals surface area contributed by atoms with E-state index in [4.69, 9.17) is 10.5 Å². The fourth-order valence-corrected chi connectivity index (χ4v) is 4.08. The first-order valence-corrected chi connectivity index (χ1v) is 10.8. The Morgan fingerprint density at radius 1 is 1.31 bits per heavy atom. The summed E-state index contributed by atoms with van der Waals surface area (Å²) in [5.41, 5.74) is 8.32. The molecule has 7 nitrogen and oxygen atoms in total. The molecule has 160 valence electrons. The number of aromatic amines is 1. The number of aromatic nitrogens is 4. The molecule has 1 aromatic carbocycles. The van der Waals surface area contributed by atoms with E-state index in [9.17, 15) is 0 Å². The Morgan fingerprint density at radius 2 is 2.10 bits per heavy atom. The second-order valence-electron chi connectivity index (χ2n) is 5.92. The van der Waals surface area contributed by atoms with Crippen LogP contribution in [0.1, 0.15) is 18.9 Å². The lowest BCUT2D eigenvalue weighted by Gasteiger charge is -2.24. The molecule has 3 rings (SSSR count). The van der Waals surface area contributed by atoms with E-state index >= 15 is 0 Å². The minimum Gasteiger partial charge on any atom is -0.492 e. The van der Waals surface area contributed by atoms with E-state index in [-0.39, 0.29) is 24.8 Å². The lowest BCUT2D eigenvalue weighted by Crippen LogP contribution is -2.27. The molecule has 3 N–H and O–H groups in total. The highest BCUT2D eigenvalue weighted by Gasteiger charge is 2.17. The van der Waals surface area contributed by atoms with Crippen molar-refractivity contribution in [2.45, 2.75) is 24.8 Å². The Hall–Kier alpha value is -1.26. The zero-order valence-electron chi connectivity index (χ0n) is 16.2. The summed E-state index contributed by atoms with van der Waals surface area (Å²) in [4.78, 5) is 11.3. The van der Waals surface area contributed by atoms with Crippen LogP contribution in [0.15, 0.2) is 33.8 Å². The molecule has 0 radical (unpaired) electrons. The van der Waals surface area contributed by atoms with Crippen molar-refractivity contribution in [1.29, 1.82) is 0 Å². The van der Waals surface area contributed by atoms with Gasteiger partial charge in [-0.1, -0.05) is 0 Å². The number of benzene rings is 1. The minimum absolute atomic E-state index is 0. The summed E-state index contributed by atoms with van der Waals surface area (Å²) >= 11 is 5.35. The molecule has 0 aliphatic rings. The quantitative estimate of drug-likeness (QED) is 0.400. The number of thioether (sulfide) groups is 1. The van der Waals surface area contributed by atoms with Crippen molar-refractivity contribution in [2.24, 2.45) is 5.73 Å². The van der Waals surface area contributed by atoms with Crippen LogP contribution in [-0.4, -0.2) is 46.1 Å². The minimum atomic E-state index is 0. The van der Waals surface area contributed by atoms with Crippen LogP contribution in [0, 0.1) is 0 Å². The maximum absolute atomic E-state index is 5.91. The van der Waals surface area contributed by atoms with Crippen molar-refractivity contribution in [2.75, 3.05) is 30.9 Å². The number of H-pyrrole nitrogens is 1. The first-order chi connectivity index (χ1) is 13.2. The maximum atomic E-state index is 5.91.